The van der Waals surface area contributed by atoms with Crippen LogP contribution in [0.1, 0.15) is 25.0 Å². The summed E-state index contributed by atoms with van der Waals surface area (Å²) in [6, 6.07) is 76.1. The van der Waals surface area contributed by atoms with Gasteiger partial charge in [-0.15, -0.1) is 0 Å². The molecule has 296 valence electrons. The van der Waals surface area contributed by atoms with Gasteiger partial charge in [0.2, 0.25) is 0 Å². The third kappa shape index (κ3) is 6.07. The molecule has 0 atom stereocenters. The van der Waals surface area contributed by atoms with Gasteiger partial charge < -0.3 is 0 Å². The van der Waals surface area contributed by atoms with Crippen molar-refractivity contribution in [3.63, 3.8) is 0 Å². The second kappa shape index (κ2) is 14.6. The van der Waals surface area contributed by atoms with Crippen molar-refractivity contribution in [1.82, 2.24) is 15.0 Å². The average Bonchev–Trinajstić information content (AvgIpc) is 3.59. The first-order valence-electron chi connectivity index (χ1n) is 21.7. The van der Waals surface area contributed by atoms with E-state index in [0.29, 0.717) is 17.5 Å². The molecule has 3 nitrogen and oxygen atoms in total. The highest BCUT2D eigenvalue weighted by Crippen LogP contribution is 2.52. The van der Waals surface area contributed by atoms with E-state index in [4.69, 9.17) is 15.0 Å². The topological polar surface area (TPSA) is 38.7 Å². The molecule has 0 aliphatic heterocycles. The fraction of sp³-hybridized carbons (Fsp3) is 0.0500. The minimum Gasteiger partial charge on any atom is -0.208 e. The van der Waals surface area contributed by atoms with Gasteiger partial charge in [-0.3, -0.25) is 0 Å². The van der Waals surface area contributed by atoms with Crippen LogP contribution in [0.5, 0.6) is 0 Å². The van der Waals surface area contributed by atoms with Crippen LogP contribution in [0, 0.1) is 0 Å². The van der Waals surface area contributed by atoms with Crippen molar-refractivity contribution in [2.24, 2.45) is 0 Å². The van der Waals surface area contributed by atoms with E-state index in [1.165, 1.54) is 71.3 Å². The molecule has 0 fully saturated rings. The Hall–Kier alpha value is -8.01. The zero-order valence-corrected chi connectivity index (χ0v) is 35.0. The van der Waals surface area contributed by atoms with Gasteiger partial charge in [0, 0.05) is 22.1 Å². The number of fused-ring (bicyclic) bond motifs is 7. The van der Waals surface area contributed by atoms with Gasteiger partial charge in [0.25, 0.3) is 0 Å². The highest BCUT2D eigenvalue weighted by Gasteiger charge is 2.37. The van der Waals surface area contributed by atoms with E-state index in [2.05, 4.69) is 220 Å². The molecule has 0 bridgehead atoms. The van der Waals surface area contributed by atoms with E-state index >= 15 is 0 Å². The van der Waals surface area contributed by atoms with Gasteiger partial charge in [0.05, 0.1) is 0 Å². The second-order valence-corrected chi connectivity index (χ2v) is 17.1. The molecule has 1 aliphatic rings. The molecule has 12 rings (SSSR count). The fourth-order valence-corrected chi connectivity index (χ4v) is 10.1. The molecule has 0 spiro atoms. The van der Waals surface area contributed by atoms with Crippen LogP contribution < -0.4 is 0 Å². The maximum absolute atomic E-state index is 5.24. The summed E-state index contributed by atoms with van der Waals surface area (Å²) in [4.78, 5) is 15.7. The van der Waals surface area contributed by atoms with E-state index in [1.807, 2.05) is 6.07 Å². The molecule has 63 heavy (non-hydrogen) atoms. The average molecular weight is 804 g/mol. The van der Waals surface area contributed by atoms with Gasteiger partial charge in [0.15, 0.2) is 17.5 Å². The first kappa shape index (κ1) is 36.8. The number of benzene rings is 10. The van der Waals surface area contributed by atoms with Crippen LogP contribution in [-0.4, -0.2) is 15.0 Å². The van der Waals surface area contributed by atoms with Crippen LogP contribution in [0.4, 0.5) is 0 Å². The third-order valence-corrected chi connectivity index (χ3v) is 13.1. The number of hydrogen-bond acceptors (Lipinski definition) is 3. The summed E-state index contributed by atoms with van der Waals surface area (Å²) in [5.41, 5.74) is 15.1. The minimum atomic E-state index is -0.115. The summed E-state index contributed by atoms with van der Waals surface area (Å²) < 4.78 is 0. The van der Waals surface area contributed by atoms with E-state index in [-0.39, 0.29) is 5.41 Å². The second-order valence-electron chi connectivity index (χ2n) is 17.1. The molecule has 0 amide bonds. The molecular weight excluding hydrogens is 763 g/mol. The van der Waals surface area contributed by atoms with Crippen molar-refractivity contribution in [1.29, 1.82) is 0 Å². The Balaban J connectivity index is 0.989. The standard InChI is InChI=1S/C60H41N3/c1-60(2)54-26-13-12-22-49(54)51-25-14-24-48(56(51)60)40-27-31-42(32-28-40)57-61-58(63-59(62-57)52-23-11-10-19-45(52)38-15-4-3-5-16-38)43-33-29-41(30-34-43)55-47-21-9-7-18-44(47)37-53-46-20-8-6-17-39(46)35-36-50(53)55/h3-37H,1-2H3. The number of aromatic nitrogens is 3. The summed E-state index contributed by atoms with van der Waals surface area (Å²) in [5, 5.41) is 7.44. The van der Waals surface area contributed by atoms with Crippen molar-refractivity contribution in [3.8, 4) is 78.7 Å². The third-order valence-electron chi connectivity index (χ3n) is 13.1. The molecule has 1 aromatic heterocycles. The predicted octanol–water partition coefficient (Wildman–Crippen LogP) is 15.6. The van der Waals surface area contributed by atoms with Crippen LogP contribution >= 0.6 is 0 Å². The minimum absolute atomic E-state index is 0.115. The van der Waals surface area contributed by atoms with Crippen molar-refractivity contribution >= 4 is 32.3 Å². The molecule has 0 N–H and O–H groups in total. The zero-order valence-electron chi connectivity index (χ0n) is 35.0. The quantitative estimate of drug-likeness (QED) is 0.124. The summed E-state index contributed by atoms with van der Waals surface area (Å²) in [6.07, 6.45) is 0. The molecule has 0 saturated heterocycles. The SMILES string of the molecule is CC1(C)c2ccccc2-c2cccc(-c3ccc(-c4nc(-c5ccc(-c6c7ccccc7cc7c6ccc6ccccc67)cc5)nc(-c5ccccc5-c5ccccc5)n4)cc3)c21. The van der Waals surface area contributed by atoms with Gasteiger partial charge in [-0.05, 0) is 94.0 Å². The summed E-state index contributed by atoms with van der Waals surface area (Å²) >= 11 is 0. The lowest BCUT2D eigenvalue weighted by atomic mass is 9.79. The Morgan fingerprint density at radius 2 is 0.825 bits per heavy atom. The summed E-state index contributed by atoms with van der Waals surface area (Å²) in [6.45, 7) is 4.69. The fourth-order valence-electron chi connectivity index (χ4n) is 10.1. The number of hydrogen-bond donors (Lipinski definition) is 0. The lowest BCUT2D eigenvalue weighted by Gasteiger charge is -2.24. The van der Waals surface area contributed by atoms with Crippen LogP contribution in [0.25, 0.3) is 111 Å². The lowest BCUT2D eigenvalue weighted by Crippen LogP contribution is -2.16. The first-order valence-corrected chi connectivity index (χ1v) is 21.7. The molecule has 0 radical (unpaired) electrons. The van der Waals surface area contributed by atoms with Crippen molar-refractivity contribution in [2.75, 3.05) is 0 Å². The van der Waals surface area contributed by atoms with E-state index in [1.54, 1.807) is 0 Å². The molecule has 1 aliphatic carbocycles. The summed E-state index contributed by atoms with van der Waals surface area (Å²) in [7, 11) is 0. The van der Waals surface area contributed by atoms with Gasteiger partial charge in [-0.2, -0.15) is 0 Å². The van der Waals surface area contributed by atoms with Crippen LogP contribution in [-0.2, 0) is 5.41 Å². The monoisotopic (exact) mass is 803 g/mol. The van der Waals surface area contributed by atoms with Gasteiger partial charge in [-0.25, -0.2) is 15.0 Å². The molecule has 10 aromatic carbocycles. The first-order chi connectivity index (χ1) is 31.0. The van der Waals surface area contributed by atoms with Crippen LogP contribution in [0.3, 0.4) is 0 Å². The Kier molecular flexibility index (Phi) is 8.52. The smallest absolute Gasteiger partial charge is 0.164 e. The van der Waals surface area contributed by atoms with E-state index in [0.717, 1.165) is 33.4 Å². The highest BCUT2D eigenvalue weighted by molar-refractivity contribution is 6.20. The predicted molar refractivity (Wildman–Crippen MR) is 263 cm³/mol. The van der Waals surface area contributed by atoms with Crippen molar-refractivity contribution in [3.05, 3.63) is 223 Å². The highest BCUT2D eigenvalue weighted by atomic mass is 15.0. The van der Waals surface area contributed by atoms with Crippen LogP contribution in [0.15, 0.2) is 212 Å². The van der Waals surface area contributed by atoms with Gasteiger partial charge >= 0.3 is 0 Å². The maximum atomic E-state index is 5.24. The Bertz CT molecular complexity index is 3570. The Morgan fingerprint density at radius 3 is 1.57 bits per heavy atom. The lowest BCUT2D eigenvalue weighted by molar-refractivity contribution is 0.662. The molecular formula is C60H41N3. The number of rotatable bonds is 6. The van der Waals surface area contributed by atoms with Crippen molar-refractivity contribution in [2.45, 2.75) is 19.3 Å². The Labute approximate surface area is 367 Å². The molecule has 3 heteroatoms. The normalized spacial score (nSPS) is 12.7. The molecule has 11 aromatic rings. The van der Waals surface area contributed by atoms with Gasteiger partial charge in [-0.1, -0.05) is 220 Å². The molecule has 0 unspecified atom stereocenters. The summed E-state index contributed by atoms with van der Waals surface area (Å²) in [5.74, 6) is 1.89. The van der Waals surface area contributed by atoms with Gasteiger partial charge in [0.1, 0.15) is 0 Å². The van der Waals surface area contributed by atoms with E-state index in [9.17, 15) is 0 Å². The molecule has 1 heterocycles. The van der Waals surface area contributed by atoms with E-state index < -0.39 is 0 Å². The largest absolute Gasteiger partial charge is 0.208 e. The van der Waals surface area contributed by atoms with Crippen molar-refractivity contribution < 1.29 is 0 Å². The number of nitrogens with zero attached hydrogens (tertiary/aromatic N) is 3. The van der Waals surface area contributed by atoms with Crippen LogP contribution in [0.2, 0.25) is 0 Å². The molecule has 0 saturated carbocycles. The Morgan fingerprint density at radius 1 is 0.302 bits per heavy atom. The maximum Gasteiger partial charge on any atom is 0.164 e. The zero-order chi connectivity index (χ0) is 42.1.